The van der Waals surface area contributed by atoms with E-state index in [2.05, 4.69) is 20.6 Å². The minimum Gasteiger partial charge on any atom is -0.366 e. The Balaban J connectivity index is 1.69. The van der Waals surface area contributed by atoms with E-state index in [-0.39, 0.29) is 11.4 Å². The molecular weight excluding hydrogens is 362 g/mol. The summed E-state index contributed by atoms with van der Waals surface area (Å²) in [6.45, 7) is 0.418. The van der Waals surface area contributed by atoms with Crippen LogP contribution in [0, 0.1) is 11.6 Å². The van der Waals surface area contributed by atoms with Crippen LogP contribution < -0.4 is 10.6 Å². The third-order valence-electron chi connectivity index (χ3n) is 3.49. The highest BCUT2D eigenvalue weighted by molar-refractivity contribution is 6.31. The van der Waals surface area contributed by atoms with Gasteiger partial charge in [0.25, 0.3) is 5.91 Å². The van der Waals surface area contributed by atoms with Gasteiger partial charge in [-0.25, -0.2) is 18.7 Å². The maximum Gasteiger partial charge on any atom is 0.274 e. The molecule has 8 heteroatoms. The monoisotopic (exact) mass is 374 g/mol. The highest BCUT2D eigenvalue weighted by atomic mass is 35.5. The molecule has 0 fully saturated rings. The number of halogens is 3. The topological polar surface area (TPSA) is 66.9 Å². The Morgan fingerprint density at radius 1 is 1.04 bits per heavy atom. The first-order valence-electron chi connectivity index (χ1n) is 7.58. The Kier molecular flexibility index (Phi) is 5.38. The highest BCUT2D eigenvalue weighted by Crippen LogP contribution is 2.17. The first-order chi connectivity index (χ1) is 12.5. The van der Waals surface area contributed by atoms with Crippen molar-refractivity contribution in [3.63, 3.8) is 0 Å². The molecule has 26 heavy (non-hydrogen) atoms. The molecule has 132 valence electrons. The Hall–Kier alpha value is -3.06. The van der Waals surface area contributed by atoms with Gasteiger partial charge in [-0.3, -0.25) is 4.79 Å². The largest absolute Gasteiger partial charge is 0.366 e. The molecule has 0 atom stereocenters. The predicted octanol–water partition coefficient (Wildman–Crippen LogP) is 4.27. The normalized spacial score (nSPS) is 10.4. The second kappa shape index (κ2) is 7.88. The molecule has 0 aliphatic heterocycles. The summed E-state index contributed by atoms with van der Waals surface area (Å²) in [7, 11) is 0. The van der Waals surface area contributed by atoms with Crippen LogP contribution in [0.4, 0.5) is 20.3 Å². The number of anilines is 2. The average molecular weight is 375 g/mol. The molecule has 5 nitrogen and oxygen atoms in total. The van der Waals surface area contributed by atoms with Gasteiger partial charge in [-0.1, -0.05) is 29.8 Å². The Labute approximate surface area is 153 Å². The van der Waals surface area contributed by atoms with E-state index in [0.717, 1.165) is 17.7 Å². The van der Waals surface area contributed by atoms with Gasteiger partial charge in [-0.2, -0.15) is 0 Å². The number of amides is 1. The lowest BCUT2D eigenvalue weighted by Gasteiger charge is -2.09. The molecule has 0 aliphatic rings. The van der Waals surface area contributed by atoms with Crippen LogP contribution in [0.5, 0.6) is 0 Å². The lowest BCUT2D eigenvalue weighted by Crippen LogP contribution is -2.15. The van der Waals surface area contributed by atoms with Crippen LogP contribution in [0.15, 0.2) is 54.9 Å². The number of benzene rings is 2. The maximum absolute atomic E-state index is 13.2. The molecule has 1 heterocycles. The number of carbonyl (C=O) groups is 1. The van der Waals surface area contributed by atoms with Crippen LogP contribution in [-0.4, -0.2) is 15.9 Å². The van der Waals surface area contributed by atoms with E-state index >= 15 is 0 Å². The minimum atomic E-state index is -1.05. The highest BCUT2D eigenvalue weighted by Gasteiger charge is 2.11. The standard InChI is InChI=1S/C18H13ClF2N4O/c19-13-4-2-1-3-11(13)9-22-17-8-16(23-10-24-17)18(26)25-12-5-6-14(20)15(21)7-12/h1-8,10H,9H2,(H,25,26)(H,22,23,24). The summed E-state index contributed by atoms with van der Waals surface area (Å²) in [5.74, 6) is -2.18. The van der Waals surface area contributed by atoms with Crippen LogP contribution in [0.1, 0.15) is 16.1 Å². The SMILES string of the molecule is O=C(Nc1ccc(F)c(F)c1)c1cc(NCc2ccccc2Cl)ncn1. The molecule has 3 rings (SSSR count). The summed E-state index contributed by atoms with van der Waals surface area (Å²) in [4.78, 5) is 20.2. The van der Waals surface area contributed by atoms with Crippen molar-refractivity contribution < 1.29 is 13.6 Å². The predicted molar refractivity (Wildman–Crippen MR) is 95.1 cm³/mol. The van der Waals surface area contributed by atoms with E-state index in [9.17, 15) is 13.6 Å². The van der Waals surface area contributed by atoms with Gasteiger partial charge < -0.3 is 10.6 Å². The van der Waals surface area contributed by atoms with Crippen molar-refractivity contribution in [3.8, 4) is 0 Å². The first kappa shape index (κ1) is 17.8. The van der Waals surface area contributed by atoms with Crippen molar-refractivity contribution in [1.82, 2.24) is 9.97 Å². The number of rotatable bonds is 5. The van der Waals surface area contributed by atoms with Gasteiger partial charge in [0, 0.05) is 29.4 Å². The summed E-state index contributed by atoms with van der Waals surface area (Å²) in [6, 6.07) is 11.9. The van der Waals surface area contributed by atoms with E-state index < -0.39 is 17.5 Å². The van der Waals surface area contributed by atoms with Gasteiger partial charge in [0.05, 0.1) is 0 Å². The van der Waals surface area contributed by atoms with E-state index in [1.54, 1.807) is 6.07 Å². The third-order valence-corrected chi connectivity index (χ3v) is 3.86. The zero-order valence-corrected chi connectivity index (χ0v) is 14.1. The van der Waals surface area contributed by atoms with E-state index in [0.29, 0.717) is 17.4 Å². The summed E-state index contributed by atoms with van der Waals surface area (Å²) in [5, 5.41) is 6.12. The maximum atomic E-state index is 13.2. The molecular formula is C18H13ClF2N4O. The molecule has 1 aromatic heterocycles. The van der Waals surface area contributed by atoms with Crippen LogP contribution in [0.25, 0.3) is 0 Å². The second-order valence-corrected chi connectivity index (χ2v) is 5.72. The summed E-state index contributed by atoms with van der Waals surface area (Å²) in [5.41, 5.74) is 1.07. The molecule has 1 amide bonds. The molecule has 0 saturated carbocycles. The van der Waals surface area contributed by atoms with Gasteiger partial charge in [0.2, 0.25) is 0 Å². The number of aromatic nitrogens is 2. The summed E-state index contributed by atoms with van der Waals surface area (Å²) in [6.07, 6.45) is 1.23. The molecule has 0 spiro atoms. The number of hydrogen-bond donors (Lipinski definition) is 2. The molecule has 2 N–H and O–H groups in total. The van der Waals surface area contributed by atoms with Crippen molar-refractivity contribution in [2.75, 3.05) is 10.6 Å². The molecule has 0 unspecified atom stereocenters. The van der Waals surface area contributed by atoms with E-state index in [4.69, 9.17) is 11.6 Å². The van der Waals surface area contributed by atoms with Crippen molar-refractivity contribution >= 4 is 29.0 Å². The van der Waals surface area contributed by atoms with Crippen LogP contribution in [0.2, 0.25) is 5.02 Å². The first-order valence-corrected chi connectivity index (χ1v) is 7.96. The number of nitrogens with zero attached hydrogens (tertiary/aromatic N) is 2. The average Bonchev–Trinajstić information content (AvgIpc) is 2.64. The fourth-order valence-electron chi connectivity index (χ4n) is 2.17. The zero-order valence-electron chi connectivity index (χ0n) is 13.3. The molecule has 3 aromatic rings. The van der Waals surface area contributed by atoms with E-state index in [1.165, 1.54) is 18.5 Å². The quantitative estimate of drug-likeness (QED) is 0.699. The van der Waals surface area contributed by atoms with Gasteiger partial charge in [0.1, 0.15) is 17.8 Å². The fraction of sp³-hybridized carbons (Fsp3) is 0.0556. The second-order valence-electron chi connectivity index (χ2n) is 5.32. The zero-order chi connectivity index (χ0) is 18.5. The molecule has 2 aromatic carbocycles. The molecule has 0 radical (unpaired) electrons. The smallest absolute Gasteiger partial charge is 0.274 e. The Bertz CT molecular complexity index is 952. The van der Waals surface area contributed by atoms with Crippen LogP contribution >= 0.6 is 11.6 Å². The van der Waals surface area contributed by atoms with Gasteiger partial charge in [-0.15, -0.1) is 0 Å². The lowest BCUT2D eigenvalue weighted by molar-refractivity contribution is 0.102. The van der Waals surface area contributed by atoms with Crippen molar-refractivity contribution in [1.29, 1.82) is 0 Å². The van der Waals surface area contributed by atoms with Gasteiger partial charge >= 0.3 is 0 Å². The van der Waals surface area contributed by atoms with Crippen LogP contribution in [0.3, 0.4) is 0 Å². The number of carbonyl (C=O) groups excluding carboxylic acids is 1. The minimum absolute atomic E-state index is 0.0754. The summed E-state index contributed by atoms with van der Waals surface area (Å²) < 4.78 is 26.2. The Morgan fingerprint density at radius 2 is 1.85 bits per heavy atom. The van der Waals surface area contributed by atoms with Gasteiger partial charge in [-0.05, 0) is 23.8 Å². The van der Waals surface area contributed by atoms with Crippen LogP contribution in [-0.2, 0) is 6.54 Å². The van der Waals surface area contributed by atoms with Gasteiger partial charge in [0.15, 0.2) is 11.6 Å². The van der Waals surface area contributed by atoms with Crippen molar-refractivity contribution in [2.45, 2.75) is 6.54 Å². The Morgan fingerprint density at radius 3 is 2.62 bits per heavy atom. The molecule has 0 saturated heterocycles. The molecule has 0 aliphatic carbocycles. The fourth-order valence-corrected chi connectivity index (χ4v) is 2.38. The van der Waals surface area contributed by atoms with E-state index in [1.807, 2.05) is 18.2 Å². The number of nitrogens with one attached hydrogen (secondary N) is 2. The molecule has 0 bridgehead atoms. The van der Waals surface area contributed by atoms with Crippen molar-refractivity contribution in [3.05, 3.63) is 82.8 Å². The lowest BCUT2D eigenvalue weighted by atomic mass is 10.2. The van der Waals surface area contributed by atoms with Crippen molar-refractivity contribution in [2.24, 2.45) is 0 Å². The summed E-state index contributed by atoms with van der Waals surface area (Å²) >= 11 is 6.09. The number of hydrogen-bond acceptors (Lipinski definition) is 4. The third kappa shape index (κ3) is 4.31.